The van der Waals surface area contributed by atoms with E-state index in [9.17, 15) is 8.78 Å². The molecular weight excluding hydrogens is 300 g/mol. The molecular formula is C13H8ClF2N5. The summed E-state index contributed by atoms with van der Waals surface area (Å²) < 4.78 is 28.2. The second kappa shape index (κ2) is 5.10. The van der Waals surface area contributed by atoms with Crippen LogP contribution in [0.5, 0.6) is 0 Å². The van der Waals surface area contributed by atoms with Crippen molar-refractivity contribution in [1.82, 2.24) is 20.2 Å². The van der Waals surface area contributed by atoms with Crippen LogP contribution in [0.15, 0.2) is 36.4 Å². The van der Waals surface area contributed by atoms with Gasteiger partial charge in [-0.25, -0.2) is 8.78 Å². The summed E-state index contributed by atoms with van der Waals surface area (Å²) in [4.78, 5) is 0. The summed E-state index contributed by atoms with van der Waals surface area (Å²) >= 11 is 5.89. The number of tetrazole rings is 1. The van der Waals surface area contributed by atoms with E-state index in [0.717, 1.165) is 16.8 Å². The Bertz CT molecular complexity index is 778. The van der Waals surface area contributed by atoms with Crippen molar-refractivity contribution in [2.24, 2.45) is 0 Å². The Morgan fingerprint density at radius 2 is 1.81 bits per heavy atom. The molecule has 0 aliphatic heterocycles. The van der Waals surface area contributed by atoms with E-state index in [-0.39, 0.29) is 16.5 Å². The predicted octanol–water partition coefficient (Wildman–Crippen LogP) is 2.84. The van der Waals surface area contributed by atoms with E-state index in [4.69, 9.17) is 17.3 Å². The van der Waals surface area contributed by atoms with E-state index in [1.165, 1.54) is 0 Å². The van der Waals surface area contributed by atoms with Gasteiger partial charge in [-0.15, -0.1) is 5.10 Å². The Labute approximate surface area is 123 Å². The Morgan fingerprint density at radius 3 is 2.48 bits per heavy atom. The molecule has 5 nitrogen and oxygen atoms in total. The van der Waals surface area contributed by atoms with Gasteiger partial charge in [-0.2, -0.15) is 4.68 Å². The monoisotopic (exact) mass is 307 g/mol. The quantitative estimate of drug-likeness (QED) is 0.739. The van der Waals surface area contributed by atoms with Crippen molar-refractivity contribution in [1.29, 1.82) is 0 Å². The maximum atomic E-state index is 14.0. The van der Waals surface area contributed by atoms with Gasteiger partial charge >= 0.3 is 0 Å². The summed E-state index contributed by atoms with van der Waals surface area (Å²) in [6, 6.07) is 8.41. The topological polar surface area (TPSA) is 69.6 Å². The van der Waals surface area contributed by atoms with E-state index in [0.29, 0.717) is 11.3 Å². The fourth-order valence-corrected chi connectivity index (χ4v) is 2.16. The number of nitrogens with zero attached hydrogens (tertiary/aromatic N) is 4. The van der Waals surface area contributed by atoms with Gasteiger partial charge in [0.1, 0.15) is 11.5 Å². The lowest BCUT2D eigenvalue weighted by atomic mass is 10.2. The average Bonchev–Trinajstić information content (AvgIpc) is 2.87. The number of anilines is 1. The molecule has 8 heteroatoms. The second-order valence-corrected chi connectivity index (χ2v) is 4.66. The molecule has 0 bridgehead atoms. The third-order valence-electron chi connectivity index (χ3n) is 2.83. The van der Waals surface area contributed by atoms with Crippen molar-refractivity contribution < 1.29 is 8.78 Å². The standard InChI is InChI=1S/C13H8ClF2N5/c14-10-5-8(15)6-11(16)12(10)21-13(18-19-20-21)7-1-3-9(17)4-2-7/h1-6H,17H2. The molecule has 0 spiro atoms. The molecule has 3 aromatic rings. The highest BCUT2D eigenvalue weighted by Gasteiger charge is 2.18. The highest BCUT2D eigenvalue weighted by molar-refractivity contribution is 6.32. The zero-order valence-electron chi connectivity index (χ0n) is 10.5. The van der Waals surface area contributed by atoms with Gasteiger partial charge in [-0.3, -0.25) is 0 Å². The predicted molar refractivity (Wildman–Crippen MR) is 73.9 cm³/mol. The number of nitrogen functional groups attached to an aromatic ring is 1. The Hall–Kier alpha value is -2.54. The van der Waals surface area contributed by atoms with Gasteiger partial charge in [0.2, 0.25) is 0 Å². The molecule has 2 aromatic carbocycles. The molecule has 2 N–H and O–H groups in total. The Balaban J connectivity index is 2.18. The van der Waals surface area contributed by atoms with Crippen molar-refractivity contribution in [3.63, 3.8) is 0 Å². The number of hydrogen-bond donors (Lipinski definition) is 1. The summed E-state index contributed by atoms with van der Waals surface area (Å²) in [7, 11) is 0. The summed E-state index contributed by atoms with van der Waals surface area (Å²) in [5.74, 6) is -1.37. The van der Waals surface area contributed by atoms with E-state index in [1.54, 1.807) is 24.3 Å². The SMILES string of the molecule is Nc1ccc(-c2nnnn2-c2c(F)cc(F)cc2Cl)cc1. The smallest absolute Gasteiger partial charge is 0.187 e. The molecule has 0 aliphatic carbocycles. The molecule has 1 aromatic heterocycles. The lowest BCUT2D eigenvalue weighted by Crippen LogP contribution is -2.04. The molecule has 3 rings (SSSR count). The minimum Gasteiger partial charge on any atom is -0.399 e. The van der Waals surface area contributed by atoms with E-state index in [2.05, 4.69) is 15.5 Å². The van der Waals surface area contributed by atoms with Crippen LogP contribution < -0.4 is 5.73 Å². The first kappa shape index (κ1) is 13.4. The molecule has 106 valence electrons. The number of hydrogen-bond acceptors (Lipinski definition) is 4. The van der Waals surface area contributed by atoms with Crippen LogP contribution in [0.3, 0.4) is 0 Å². The Kier molecular flexibility index (Phi) is 3.26. The summed E-state index contributed by atoms with van der Waals surface area (Å²) in [6.07, 6.45) is 0. The molecule has 0 saturated heterocycles. The first-order chi connectivity index (χ1) is 10.1. The summed E-state index contributed by atoms with van der Waals surface area (Å²) in [5.41, 5.74) is 6.69. The van der Waals surface area contributed by atoms with Crippen LogP contribution in [-0.4, -0.2) is 20.2 Å². The molecule has 1 heterocycles. The number of rotatable bonds is 2. The Morgan fingerprint density at radius 1 is 1.10 bits per heavy atom. The first-order valence-corrected chi connectivity index (χ1v) is 6.23. The molecule has 0 saturated carbocycles. The second-order valence-electron chi connectivity index (χ2n) is 4.25. The number of aromatic nitrogens is 4. The minimum atomic E-state index is -0.857. The number of nitrogens with two attached hydrogens (primary N) is 1. The molecule has 0 fully saturated rings. The largest absolute Gasteiger partial charge is 0.399 e. The third kappa shape index (κ3) is 2.43. The van der Waals surface area contributed by atoms with E-state index < -0.39 is 11.6 Å². The van der Waals surface area contributed by atoms with Gasteiger partial charge in [-0.05, 0) is 40.8 Å². The zero-order chi connectivity index (χ0) is 15.0. The van der Waals surface area contributed by atoms with Crippen molar-refractivity contribution in [2.45, 2.75) is 0 Å². The highest BCUT2D eigenvalue weighted by atomic mass is 35.5. The van der Waals surface area contributed by atoms with Gasteiger partial charge in [-0.1, -0.05) is 11.6 Å². The fraction of sp³-hybridized carbons (Fsp3) is 0. The number of benzene rings is 2. The maximum absolute atomic E-state index is 14.0. The maximum Gasteiger partial charge on any atom is 0.187 e. The molecule has 0 aliphatic rings. The van der Waals surface area contributed by atoms with Gasteiger partial charge in [0.05, 0.1) is 5.02 Å². The van der Waals surface area contributed by atoms with Crippen LogP contribution >= 0.6 is 11.6 Å². The van der Waals surface area contributed by atoms with Crippen molar-refractivity contribution in [3.05, 3.63) is 53.1 Å². The normalized spacial score (nSPS) is 10.8. The number of halogens is 3. The van der Waals surface area contributed by atoms with Gasteiger partial charge in [0, 0.05) is 17.3 Å². The molecule has 0 radical (unpaired) electrons. The molecule has 0 unspecified atom stereocenters. The third-order valence-corrected chi connectivity index (χ3v) is 3.12. The molecule has 21 heavy (non-hydrogen) atoms. The van der Waals surface area contributed by atoms with Crippen molar-refractivity contribution in [2.75, 3.05) is 5.73 Å². The van der Waals surface area contributed by atoms with Crippen LogP contribution in [0.25, 0.3) is 17.1 Å². The lowest BCUT2D eigenvalue weighted by Gasteiger charge is -2.08. The molecule has 0 atom stereocenters. The van der Waals surface area contributed by atoms with Crippen LogP contribution in [0.4, 0.5) is 14.5 Å². The fourth-order valence-electron chi connectivity index (χ4n) is 1.89. The van der Waals surface area contributed by atoms with Crippen LogP contribution in [0.1, 0.15) is 0 Å². The lowest BCUT2D eigenvalue weighted by molar-refractivity contribution is 0.572. The van der Waals surface area contributed by atoms with E-state index in [1.807, 2.05) is 0 Å². The van der Waals surface area contributed by atoms with Gasteiger partial charge in [0.25, 0.3) is 0 Å². The van der Waals surface area contributed by atoms with Crippen molar-refractivity contribution >= 4 is 17.3 Å². The summed E-state index contributed by atoms with van der Waals surface area (Å²) in [6.45, 7) is 0. The summed E-state index contributed by atoms with van der Waals surface area (Å²) in [5, 5.41) is 10.9. The van der Waals surface area contributed by atoms with Crippen LogP contribution in [-0.2, 0) is 0 Å². The zero-order valence-corrected chi connectivity index (χ0v) is 11.2. The first-order valence-electron chi connectivity index (χ1n) is 5.85. The molecule has 0 amide bonds. The minimum absolute atomic E-state index is 0.116. The highest BCUT2D eigenvalue weighted by Crippen LogP contribution is 2.28. The average molecular weight is 308 g/mol. The van der Waals surface area contributed by atoms with E-state index >= 15 is 0 Å². The van der Waals surface area contributed by atoms with Gasteiger partial charge < -0.3 is 5.73 Å². The van der Waals surface area contributed by atoms with Crippen LogP contribution in [0.2, 0.25) is 5.02 Å². The van der Waals surface area contributed by atoms with Gasteiger partial charge in [0.15, 0.2) is 11.6 Å². The van der Waals surface area contributed by atoms with Crippen LogP contribution in [0, 0.1) is 11.6 Å². The van der Waals surface area contributed by atoms with Crippen molar-refractivity contribution in [3.8, 4) is 17.1 Å².